The first-order valence-corrected chi connectivity index (χ1v) is 23.8. The largest absolute Gasteiger partial charge is 0.493 e. The fourth-order valence-corrected chi connectivity index (χ4v) is 9.45. The molecule has 2 amide bonds. The highest BCUT2D eigenvalue weighted by Gasteiger charge is 2.39. The number of anilines is 4. The number of rotatable bonds is 25. The van der Waals surface area contributed by atoms with Crippen molar-refractivity contribution >= 4 is 53.3 Å². The van der Waals surface area contributed by atoms with E-state index in [0.717, 1.165) is 64.1 Å². The molecule has 5 aromatic carbocycles. The van der Waals surface area contributed by atoms with Crippen LogP contribution in [-0.2, 0) is 49.9 Å². The van der Waals surface area contributed by atoms with Gasteiger partial charge in [-0.3, -0.25) is 14.6 Å². The fraction of sp³-hybridized carbons (Fsp3) is 0.382. The Balaban J connectivity index is 1.06. The Morgan fingerprint density at radius 1 is 0.714 bits per heavy atom. The summed E-state index contributed by atoms with van der Waals surface area (Å²) in [6.45, 7) is 6.47. The Hall–Kier alpha value is -6.94. The number of methoxy groups -OCH3 is 3. The van der Waals surface area contributed by atoms with E-state index in [1.54, 1.807) is 32.3 Å². The molecular formula is C55H63N5O10. The number of hydrogen-bond acceptors (Lipinski definition) is 13. The van der Waals surface area contributed by atoms with Crippen LogP contribution < -0.4 is 38.5 Å². The number of aliphatic imine (C=N–C) groups is 1. The third kappa shape index (κ3) is 11.4. The lowest BCUT2D eigenvalue weighted by Crippen LogP contribution is -2.41. The van der Waals surface area contributed by atoms with Crippen LogP contribution in [0.25, 0.3) is 0 Å². The number of amides is 2. The number of benzene rings is 5. The second-order valence-electron chi connectivity index (χ2n) is 17.6. The molecule has 0 radical (unpaired) electrons. The predicted molar refractivity (Wildman–Crippen MR) is 271 cm³/mol. The van der Waals surface area contributed by atoms with Gasteiger partial charge >= 0.3 is 0 Å². The van der Waals surface area contributed by atoms with Gasteiger partial charge < -0.3 is 57.6 Å². The first-order valence-electron chi connectivity index (χ1n) is 23.8. The molecule has 0 saturated carbocycles. The van der Waals surface area contributed by atoms with Gasteiger partial charge in [0.15, 0.2) is 23.0 Å². The lowest BCUT2D eigenvalue weighted by Gasteiger charge is -2.26. The van der Waals surface area contributed by atoms with E-state index >= 15 is 0 Å². The summed E-state index contributed by atoms with van der Waals surface area (Å²) in [5.74, 6) is 1.95. The molecule has 3 heterocycles. The van der Waals surface area contributed by atoms with Crippen molar-refractivity contribution in [1.29, 1.82) is 0 Å². The molecule has 0 aliphatic carbocycles. The summed E-state index contributed by atoms with van der Waals surface area (Å²) < 4.78 is 41.6. The van der Waals surface area contributed by atoms with E-state index in [-0.39, 0.29) is 31.2 Å². The zero-order valence-corrected chi connectivity index (χ0v) is 40.8. The maximum Gasteiger partial charge on any atom is 0.260 e. The SMILES string of the molecule is COCCOCCOCCN(CCCC=O)c1cc(COc2cc(/N=C\[C@@H]3Cc4ccccc4N3C=O)c(C)cc2OC)cc(COc2cc3c(cc2OC)C(=O)N2c4ccccc4CC2CN3C)c1. The zero-order valence-electron chi connectivity index (χ0n) is 40.8. The highest BCUT2D eigenvalue weighted by atomic mass is 16.5. The predicted octanol–water partition coefficient (Wildman–Crippen LogP) is 7.95. The Labute approximate surface area is 410 Å². The van der Waals surface area contributed by atoms with Gasteiger partial charge in [-0.25, -0.2) is 0 Å². The summed E-state index contributed by atoms with van der Waals surface area (Å²) >= 11 is 0. The molecule has 5 aromatic rings. The van der Waals surface area contributed by atoms with Gasteiger partial charge in [-0.05, 0) is 90.0 Å². The number of unbranched alkanes of at least 4 members (excludes halogenated alkanes) is 1. The Kier molecular flexibility index (Phi) is 16.7. The Bertz CT molecular complexity index is 2660. The molecular weight excluding hydrogens is 891 g/mol. The van der Waals surface area contributed by atoms with Gasteiger partial charge in [0, 0.05) is 82.0 Å². The number of para-hydroxylation sites is 2. The van der Waals surface area contributed by atoms with Gasteiger partial charge in [0.2, 0.25) is 6.41 Å². The van der Waals surface area contributed by atoms with Crippen molar-refractivity contribution in [2.75, 3.05) is 101 Å². The maximum atomic E-state index is 14.3. The fourth-order valence-electron chi connectivity index (χ4n) is 9.45. The first-order chi connectivity index (χ1) is 34.2. The van der Waals surface area contributed by atoms with Gasteiger partial charge in [0.1, 0.15) is 19.5 Å². The number of aryl methyl sites for hydroxylation is 1. The van der Waals surface area contributed by atoms with Crippen molar-refractivity contribution in [3.05, 3.63) is 124 Å². The van der Waals surface area contributed by atoms with Gasteiger partial charge in [-0.2, -0.15) is 0 Å². The smallest absolute Gasteiger partial charge is 0.260 e. The highest BCUT2D eigenvalue weighted by molar-refractivity contribution is 6.12. The van der Waals surface area contributed by atoms with Crippen LogP contribution >= 0.6 is 0 Å². The number of hydrogen-bond donors (Lipinski definition) is 0. The molecule has 0 bridgehead atoms. The van der Waals surface area contributed by atoms with Crippen molar-refractivity contribution < 1.29 is 47.5 Å². The van der Waals surface area contributed by atoms with E-state index in [4.69, 9.17) is 38.2 Å². The monoisotopic (exact) mass is 953 g/mol. The molecule has 0 spiro atoms. The number of carbonyl (C=O) groups excluding carboxylic acids is 3. The van der Waals surface area contributed by atoms with Gasteiger partial charge in [-0.15, -0.1) is 0 Å². The summed E-state index contributed by atoms with van der Waals surface area (Å²) in [4.78, 5) is 50.8. The molecule has 3 aliphatic rings. The normalized spacial score (nSPS) is 15.8. The van der Waals surface area contributed by atoms with Crippen LogP contribution in [0.15, 0.2) is 96.0 Å². The molecule has 368 valence electrons. The van der Waals surface area contributed by atoms with Crippen molar-refractivity contribution in [2.24, 2.45) is 4.99 Å². The topological polar surface area (TPSA) is 141 Å². The average molecular weight is 954 g/mol. The number of nitrogens with zero attached hydrogens (tertiary/aromatic N) is 5. The summed E-state index contributed by atoms with van der Waals surface area (Å²) in [5.41, 5.74) is 9.64. The van der Waals surface area contributed by atoms with Crippen LogP contribution in [0.5, 0.6) is 23.0 Å². The van der Waals surface area contributed by atoms with E-state index in [2.05, 4.69) is 28.0 Å². The summed E-state index contributed by atoms with van der Waals surface area (Å²) in [6, 6.07) is 29.4. The van der Waals surface area contributed by atoms with E-state index in [1.807, 2.05) is 91.8 Å². The van der Waals surface area contributed by atoms with Gasteiger partial charge in [0.25, 0.3) is 5.91 Å². The lowest BCUT2D eigenvalue weighted by molar-refractivity contribution is -0.108. The molecule has 2 atom stereocenters. The van der Waals surface area contributed by atoms with Crippen LogP contribution in [-0.4, -0.2) is 118 Å². The first kappa shape index (κ1) is 49.5. The third-order valence-corrected chi connectivity index (χ3v) is 13.0. The number of likely N-dealkylation sites (N-methyl/N-ethyl adjacent to an activating group) is 1. The van der Waals surface area contributed by atoms with E-state index in [0.29, 0.717) is 106 Å². The molecule has 0 aromatic heterocycles. The molecule has 70 heavy (non-hydrogen) atoms. The summed E-state index contributed by atoms with van der Waals surface area (Å²) in [7, 11) is 6.84. The number of aldehydes is 1. The number of ether oxygens (including phenoxy) is 7. The maximum absolute atomic E-state index is 14.3. The second kappa shape index (κ2) is 23.6. The van der Waals surface area contributed by atoms with Crippen LogP contribution in [0.2, 0.25) is 0 Å². The molecule has 15 nitrogen and oxygen atoms in total. The zero-order chi connectivity index (χ0) is 49.0. The minimum absolute atomic E-state index is 0.000809. The summed E-state index contributed by atoms with van der Waals surface area (Å²) in [5, 5.41) is 0. The van der Waals surface area contributed by atoms with Crippen molar-refractivity contribution in [2.45, 2.75) is 57.9 Å². The molecule has 15 heteroatoms. The number of fused-ring (bicyclic) bond motifs is 5. The van der Waals surface area contributed by atoms with E-state index in [1.165, 1.54) is 5.56 Å². The molecule has 0 N–H and O–H groups in total. The van der Waals surface area contributed by atoms with Crippen molar-refractivity contribution in [1.82, 2.24) is 0 Å². The molecule has 0 saturated heterocycles. The third-order valence-electron chi connectivity index (χ3n) is 13.0. The molecule has 0 fully saturated rings. The second-order valence-corrected chi connectivity index (χ2v) is 17.6. The minimum atomic E-state index is -0.219. The van der Waals surface area contributed by atoms with Crippen LogP contribution in [0.4, 0.5) is 28.4 Å². The standard InChI is InChI=1S/C55H63N5O10/c1-38-24-51(65-4)53(31-47(38)56-33-44-28-41-12-6-8-14-48(41)59(44)37-62)69-35-39-25-40(27-43(26-39)58(16-10-11-18-61)17-19-67-22-23-68-21-20-64-3)36-70-54-32-50-46(30-52(54)66-5)55(63)60-45(34-57(50)2)29-42-13-7-9-15-49(42)60/h6-9,12-15,18,24-27,30-33,37,44-45H,10-11,16-17,19-23,28-29,34-36H2,1-5H3/b56-33-/t44-,45?/m0/s1. The van der Waals surface area contributed by atoms with Gasteiger partial charge in [0.05, 0.1) is 76.3 Å². The molecule has 8 rings (SSSR count). The van der Waals surface area contributed by atoms with Crippen molar-refractivity contribution in [3.8, 4) is 23.0 Å². The lowest BCUT2D eigenvalue weighted by atomic mass is 10.1. The Morgan fingerprint density at radius 2 is 1.37 bits per heavy atom. The highest BCUT2D eigenvalue weighted by Crippen LogP contribution is 2.43. The minimum Gasteiger partial charge on any atom is -0.493 e. The quantitative estimate of drug-likeness (QED) is 0.0319. The number of carbonyl (C=O) groups is 3. The average Bonchev–Trinajstić information content (AvgIpc) is 3.91. The van der Waals surface area contributed by atoms with E-state index < -0.39 is 0 Å². The summed E-state index contributed by atoms with van der Waals surface area (Å²) in [6.07, 6.45) is 6.14. The van der Waals surface area contributed by atoms with Crippen LogP contribution in [0.1, 0.15) is 51.0 Å². The Morgan fingerprint density at radius 3 is 2.07 bits per heavy atom. The van der Waals surface area contributed by atoms with Gasteiger partial charge in [-0.1, -0.05) is 36.4 Å². The molecule has 3 aliphatic heterocycles. The van der Waals surface area contributed by atoms with Crippen molar-refractivity contribution in [3.63, 3.8) is 0 Å². The van der Waals surface area contributed by atoms with Crippen LogP contribution in [0, 0.1) is 6.92 Å². The van der Waals surface area contributed by atoms with E-state index in [9.17, 15) is 14.4 Å². The molecule has 1 unspecified atom stereocenters. The van der Waals surface area contributed by atoms with Crippen LogP contribution in [0.3, 0.4) is 0 Å².